The third kappa shape index (κ3) is 3.66. The normalized spacial score (nSPS) is 10.2. The molecule has 0 saturated carbocycles. The fraction of sp³-hybridized carbons (Fsp3) is 0.286. The lowest BCUT2D eigenvalue weighted by Gasteiger charge is -2.18. The molecular weight excluding hydrogens is 416 g/mol. The lowest BCUT2D eigenvalue weighted by molar-refractivity contribution is 0.307. The highest BCUT2D eigenvalue weighted by Crippen LogP contribution is 2.50. The van der Waals surface area contributed by atoms with Gasteiger partial charge in [0, 0.05) is 11.6 Å². The molecule has 8 nitrogen and oxygen atoms in total. The molecular formula is C21H23ClO8. The highest BCUT2D eigenvalue weighted by molar-refractivity contribution is 5.95. The molecule has 3 rings (SSSR count). The zero-order valence-corrected chi connectivity index (χ0v) is 18.3. The highest BCUT2D eigenvalue weighted by atomic mass is 35.5. The standard InChI is InChI=1S/C21H22O8.ClH/c1-23-13-8-7-11(9-15(13)24-2)14-10-12(22)16-17(25-3)19(26-4)21(28-6)20(27-5)18(16)29-14;/h7-10H,1-6H3;1H. The fourth-order valence-electron chi connectivity index (χ4n) is 3.17. The van der Waals surface area contributed by atoms with Crippen molar-refractivity contribution in [2.24, 2.45) is 0 Å². The Hall–Kier alpha value is -3.26. The Balaban J connectivity index is 0.00000320. The second kappa shape index (κ2) is 9.49. The number of methoxy groups -OCH3 is 6. The third-order valence-electron chi connectivity index (χ3n) is 4.48. The Labute approximate surface area is 179 Å². The van der Waals surface area contributed by atoms with Crippen molar-refractivity contribution in [3.05, 3.63) is 34.5 Å². The SMILES string of the molecule is COc1ccc(-c2cc(=O)c3c(OC)c(OC)c(OC)c(OC)c3o2)cc1OC.Cl. The van der Waals surface area contributed by atoms with Gasteiger partial charge in [-0.05, 0) is 18.2 Å². The first-order valence-electron chi connectivity index (χ1n) is 8.60. The van der Waals surface area contributed by atoms with Gasteiger partial charge < -0.3 is 32.8 Å². The molecule has 0 spiro atoms. The van der Waals surface area contributed by atoms with Crippen molar-refractivity contribution in [1.29, 1.82) is 0 Å². The second-order valence-electron chi connectivity index (χ2n) is 5.88. The van der Waals surface area contributed by atoms with Gasteiger partial charge in [0.1, 0.15) is 11.1 Å². The molecule has 0 atom stereocenters. The molecule has 30 heavy (non-hydrogen) atoms. The van der Waals surface area contributed by atoms with E-state index in [4.69, 9.17) is 32.8 Å². The molecule has 2 aromatic carbocycles. The number of benzene rings is 2. The van der Waals surface area contributed by atoms with Crippen LogP contribution < -0.4 is 33.8 Å². The summed E-state index contributed by atoms with van der Waals surface area (Å²) in [6, 6.07) is 6.57. The molecule has 3 aromatic rings. The minimum absolute atomic E-state index is 0. The van der Waals surface area contributed by atoms with Crippen LogP contribution in [0, 0.1) is 0 Å². The topological polar surface area (TPSA) is 85.6 Å². The Morgan fingerprint density at radius 1 is 0.667 bits per heavy atom. The average molecular weight is 439 g/mol. The van der Waals surface area contributed by atoms with Crippen LogP contribution in [0.4, 0.5) is 0 Å². The molecule has 0 saturated heterocycles. The largest absolute Gasteiger partial charge is 0.493 e. The van der Waals surface area contributed by atoms with Crippen molar-refractivity contribution in [1.82, 2.24) is 0 Å². The van der Waals surface area contributed by atoms with E-state index in [1.165, 1.54) is 41.6 Å². The van der Waals surface area contributed by atoms with Crippen molar-refractivity contribution in [2.75, 3.05) is 42.7 Å². The second-order valence-corrected chi connectivity index (χ2v) is 5.88. The summed E-state index contributed by atoms with van der Waals surface area (Å²) in [7, 11) is 8.87. The molecule has 162 valence electrons. The lowest BCUT2D eigenvalue weighted by atomic mass is 10.1. The molecule has 1 heterocycles. The maximum Gasteiger partial charge on any atom is 0.211 e. The van der Waals surface area contributed by atoms with Crippen LogP contribution in [0.25, 0.3) is 22.3 Å². The van der Waals surface area contributed by atoms with E-state index in [9.17, 15) is 4.79 Å². The minimum atomic E-state index is -0.327. The summed E-state index contributed by atoms with van der Waals surface area (Å²) < 4.78 is 38.4. The molecule has 0 bridgehead atoms. The number of hydrogen-bond acceptors (Lipinski definition) is 8. The van der Waals surface area contributed by atoms with Gasteiger partial charge in [-0.2, -0.15) is 0 Å². The van der Waals surface area contributed by atoms with Gasteiger partial charge >= 0.3 is 0 Å². The van der Waals surface area contributed by atoms with Gasteiger partial charge in [0.15, 0.2) is 28.3 Å². The minimum Gasteiger partial charge on any atom is -0.493 e. The van der Waals surface area contributed by atoms with Crippen LogP contribution in [0.1, 0.15) is 0 Å². The van der Waals surface area contributed by atoms with Crippen LogP contribution in [0.15, 0.2) is 33.5 Å². The number of fused-ring (bicyclic) bond motifs is 1. The summed E-state index contributed by atoms with van der Waals surface area (Å²) >= 11 is 0. The van der Waals surface area contributed by atoms with Crippen LogP contribution in [0.3, 0.4) is 0 Å². The van der Waals surface area contributed by atoms with Crippen molar-refractivity contribution in [3.63, 3.8) is 0 Å². The van der Waals surface area contributed by atoms with Crippen LogP contribution in [0.5, 0.6) is 34.5 Å². The van der Waals surface area contributed by atoms with E-state index in [-0.39, 0.29) is 51.8 Å². The summed E-state index contributed by atoms with van der Waals surface area (Å²) in [6.45, 7) is 0. The highest BCUT2D eigenvalue weighted by Gasteiger charge is 2.27. The maximum atomic E-state index is 13.0. The quantitative estimate of drug-likeness (QED) is 0.548. The van der Waals surface area contributed by atoms with E-state index in [1.807, 2.05) is 0 Å². The van der Waals surface area contributed by atoms with Crippen molar-refractivity contribution >= 4 is 23.4 Å². The average Bonchev–Trinajstić information content (AvgIpc) is 2.76. The molecule has 9 heteroatoms. The monoisotopic (exact) mass is 438 g/mol. The summed E-state index contributed by atoms with van der Waals surface area (Å²) in [6.07, 6.45) is 0. The molecule has 0 unspecified atom stereocenters. The Bertz CT molecular complexity index is 1110. The molecule has 0 aliphatic rings. The van der Waals surface area contributed by atoms with Crippen LogP contribution in [-0.4, -0.2) is 42.7 Å². The number of halogens is 1. The summed E-state index contributed by atoms with van der Waals surface area (Å²) in [4.78, 5) is 13.0. The molecule has 0 N–H and O–H groups in total. The van der Waals surface area contributed by atoms with Gasteiger partial charge in [-0.15, -0.1) is 12.4 Å². The van der Waals surface area contributed by atoms with E-state index in [0.717, 1.165) is 0 Å². The van der Waals surface area contributed by atoms with Crippen molar-refractivity contribution in [2.45, 2.75) is 0 Å². The predicted octanol–water partition coefficient (Wildman–Crippen LogP) is 3.93. The fourth-order valence-corrected chi connectivity index (χ4v) is 3.17. The number of rotatable bonds is 7. The molecule has 0 amide bonds. The van der Waals surface area contributed by atoms with Crippen LogP contribution in [0.2, 0.25) is 0 Å². The molecule has 0 aliphatic carbocycles. The van der Waals surface area contributed by atoms with Gasteiger partial charge in [0.05, 0.1) is 42.7 Å². The summed E-state index contributed by atoms with van der Waals surface area (Å²) in [5.74, 6) is 2.30. The summed E-state index contributed by atoms with van der Waals surface area (Å²) in [5.41, 5.74) is 0.476. The number of ether oxygens (including phenoxy) is 6. The van der Waals surface area contributed by atoms with Crippen molar-refractivity contribution < 1.29 is 32.8 Å². The lowest BCUT2D eigenvalue weighted by Crippen LogP contribution is -2.07. The van der Waals surface area contributed by atoms with E-state index in [1.54, 1.807) is 25.3 Å². The first-order chi connectivity index (χ1) is 14.0. The first kappa shape index (κ1) is 23.0. The molecule has 0 radical (unpaired) electrons. The Morgan fingerprint density at radius 3 is 1.77 bits per heavy atom. The molecule has 0 fully saturated rings. The van der Waals surface area contributed by atoms with Gasteiger partial charge in [0.2, 0.25) is 17.2 Å². The van der Waals surface area contributed by atoms with E-state index >= 15 is 0 Å². The Morgan fingerprint density at radius 2 is 1.23 bits per heavy atom. The van der Waals surface area contributed by atoms with Gasteiger partial charge in [-0.25, -0.2) is 0 Å². The molecule has 1 aromatic heterocycles. The van der Waals surface area contributed by atoms with Crippen LogP contribution >= 0.6 is 12.4 Å². The van der Waals surface area contributed by atoms with Crippen molar-refractivity contribution in [3.8, 4) is 45.8 Å². The van der Waals surface area contributed by atoms with E-state index in [0.29, 0.717) is 22.8 Å². The Kier molecular flexibility index (Phi) is 7.28. The zero-order valence-electron chi connectivity index (χ0n) is 17.5. The smallest absolute Gasteiger partial charge is 0.211 e. The van der Waals surface area contributed by atoms with Crippen LogP contribution in [-0.2, 0) is 0 Å². The predicted molar refractivity (Wildman–Crippen MR) is 114 cm³/mol. The zero-order chi connectivity index (χ0) is 21.1. The molecule has 0 aliphatic heterocycles. The van der Waals surface area contributed by atoms with E-state index < -0.39 is 0 Å². The first-order valence-corrected chi connectivity index (χ1v) is 8.60. The van der Waals surface area contributed by atoms with Gasteiger partial charge in [0.25, 0.3) is 0 Å². The summed E-state index contributed by atoms with van der Waals surface area (Å²) in [5, 5.41) is 0.186. The van der Waals surface area contributed by atoms with E-state index in [2.05, 4.69) is 0 Å². The number of hydrogen-bond donors (Lipinski definition) is 0. The van der Waals surface area contributed by atoms with Gasteiger partial charge in [-0.1, -0.05) is 0 Å². The maximum absolute atomic E-state index is 13.0. The third-order valence-corrected chi connectivity index (χ3v) is 4.48. The van der Waals surface area contributed by atoms with Gasteiger partial charge in [-0.3, -0.25) is 4.79 Å².